The smallest absolute Gasteiger partial charge is 0.161 e. The standard InChI is InChI=1S/C22H29NO6/c1-15(24)16-7-9-20(22(10-16)28-5)29-14-18(25)13-23(2)12-17-6-8-19(26-3)11-21(17)27-4/h6-11,18,25H,12-14H2,1-5H3. The zero-order valence-electron chi connectivity index (χ0n) is 17.6. The Morgan fingerprint density at radius 3 is 2.34 bits per heavy atom. The Balaban J connectivity index is 1.92. The SMILES string of the molecule is COc1ccc(CN(C)CC(O)COc2ccc(C(C)=O)cc2OC)c(OC)c1. The zero-order chi connectivity index (χ0) is 21.4. The summed E-state index contributed by atoms with van der Waals surface area (Å²) in [4.78, 5) is 13.5. The van der Waals surface area contributed by atoms with E-state index in [9.17, 15) is 9.90 Å². The number of carbonyl (C=O) groups excluding carboxylic acids is 1. The molecule has 7 nitrogen and oxygen atoms in total. The normalized spacial score (nSPS) is 11.8. The van der Waals surface area contributed by atoms with Crippen molar-refractivity contribution in [2.45, 2.75) is 19.6 Å². The second-order valence-electron chi connectivity index (χ2n) is 6.76. The average Bonchev–Trinajstić information content (AvgIpc) is 2.72. The highest BCUT2D eigenvalue weighted by atomic mass is 16.5. The minimum absolute atomic E-state index is 0.0505. The van der Waals surface area contributed by atoms with Gasteiger partial charge in [0.25, 0.3) is 0 Å². The highest BCUT2D eigenvalue weighted by molar-refractivity contribution is 5.94. The van der Waals surface area contributed by atoms with Gasteiger partial charge in [0.2, 0.25) is 0 Å². The predicted molar refractivity (Wildman–Crippen MR) is 110 cm³/mol. The Bertz CT molecular complexity index is 823. The van der Waals surface area contributed by atoms with Gasteiger partial charge in [0.05, 0.1) is 21.3 Å². The van der Waals surface area contributed by atoms with Crippen LogP contribution in [0.5, 0.6) is 23.0 Å². The molecule has 2 rings (SSSR count). The molecule has 29 heavy (non-hydrogen) atoms. The number of ketones is 1. The van der Waals surface area contributed by atoms with Crippen LogP contribution in [-0.2, 0) is 6.54 Å². The Morgan fingerprint density at radius 2 is 1.72 bits per heavy atom. The average molecular weight is 403 g/mol. The third-order valence-electron chi connectivity index (χ3n) is 4.46. The number of aliphatic hydroxyl groups is 1. The number of methoxy groups -OCH3 is 3. The van der Waals surface area contributed by atoms with Gasteiger partial charge in [-0.15, -0.1) is 0 Å². The Kier molecular flexibility index (Phi) is 8.30. The summed E-state index contributed by atoms with van der Waals surface area (Å²) in [7, 11) is 6.65. The summed E-state index contributed by atoms with van der Waals surface area (Å²) in [5, 5.41) is 10.4. The largest absolute Gasteiger partial charge is 0.497 e. The summed E-state index contributed by atoms with van der Waals surface area (Å²) in [6.45, 7) is 2.59. The van der Waals surface area contributed by atoms with E-state index in [0.29, 0.717) is 30.2 Å². The summed E-state index contributed by atoms with van der Waals surface area (Å²) in [6, 6.07) is 10.6. The molecule has 0 spiro atoms. The van der Waals surface area contributed by atoms with Gasteiger partial charge >= 0.3 is 0 Å². The van der Waals surface area contributed by atoms with Crippen LogP contribution in [0.3, 0.4) is 0 Å². The molecule has 1 atom stereocenters. The van der Waals surface area contributed by atoms with Gasteiger partial charge in [-0.1, -0.05) is 6.07 Å². The molecule has 0 bridgehead atoms. The second-order valence-corrected chi connectivity index (χ2v) is 6.76. The molecule has 0 aromatic heterocycles. The lowest BCUT2D eigenvalue weighted by Crippen LogP contribution is -2.32. The lowest BCUT2D eigenvalue weighted by atomic mass is 10.1. The van der Waals surface area contributed by atoms with Gasteiger partial charge in [-0.05, 0) is 38.2 Å². The van der Waals surface area contributed by atoms with Crippen LogP contribution in [0.2, 0.25) is 0 Å². The maximum absolute atomic E-state index is 11.5. The maximum atomic E-state index is 11.5. The van der Waals surface area contributed by atoms with Crippen LogP contribution in [0.4, 0.5) is 0 Å². The number of aliphatic hydroxyl groups excluding tert-OH is 1. The van der Waals surface area contributed by atoms with E-state index < -0.39 is 6.10 Å². The molecule has 0 saturated heterocycles. The molecule has 0 amide bonds. The van der Waals surface area contributed by atoms with Crippen molar-refractivity contribution in [2.75, 3.05) is 41.5 Å². The van der Waals surface area contributed by atoms with Crippen molar-refractivity contribution in [3.63, 3.8) is 0 Å². The lowest BCUT2D eigenvalue weighted by Gasteiger charge is -2.22. The topological polar surface area (TPSA) is 77.5 Å². The van der Waals surface area contributed by atoms with E-state index in [1.165, 1.54) is 14.0 Å². The van der Waals surface area contributed by atoms with Gasteiger partial charge in [0, 0.05) is 30.3 Å². The van der Waals surface area contributed by atoms with Gasteiger partial charge in [0.1, 0.15) is 24.2 Å². The molecule has 1 unspecified atom stereocenters. The van der Waals surface area contributed by atoms with Crippen LogP contribution < -0.4 is 18.9 Å². The molecule has 0 aliphatic heterocycles. The highest BCUT2D eigenvalue weighted by Gasteiger charge is 2.14. The molecular weight excluding hydrogens is 374 g/mol. The Hall–Kier alpha value is -2.77. The lowest BCUT2D eigenvalue weighted by molar-refractivity contribution is 0.0730. The number of hydrogen-bond acceptors (Lipinski definition) is 7. The third kappa shape index (κ3) is 6.37. The fraction of sp³-hybridized carbons (Fsp3) is 0.409. The van der Waals surface area contributed by atoms with Crippen molar-refractivity contribution in [3.8, 4) is 23.0 Å². The number of nitrogens with zero attached hydrogens (tertiary/aromatic N) is 1. The summed E-state index contributed by atoms with van der Waals surface area (Å²) in [5.41, 5.74) is 1.54. The van der Waals surface area contributed by atoms with Gasteiger partial charge in [-0.2, -0.15) is 0 Å². The summed E-state index contributed by atoms with van der Waals surface area (Å²) >= 11 is 0. The first-order valence-corrected chi connectivity index (χ1v) is 9.27. The Labute approximate surface area is 171 Å². The molecule has 0 saturated carbocycles. The van der Waals surface area contributed by atoms with E-state index in [0.717, 1.165) is 17.1 Å². The fourth-order valence-electron chi connectivity index (χ4n) is 2.94. The summed E-state index contributed by atoms with van der Waals surface area (Å²) < 4.78 is 21.6. The molecule has 1 N–H and O–H groups in total. The minimum Gasteiger partial charge on any atom is -0.497 e. The maximum Gasteiger partial charge on any atom is 0.161 e. The van der Waals surface area contributed by atoms with Gasteiger partial charge in [-0.3, -0.25) is 9.69 Å². The minimum atomic E-state index is -0.707. The third-order valence-corrected chi connectivity index (χ3v) is 4.46. The number of Topliss-reactive ketones (excluding diaryl/α,β-unsaturated/α-hetero) is 1. The summed E-state index contributed by atoms with van der Waals surface area (Å²) in [5.74, 6) is 2.35. The van der Waals surface area contributed by atoms with E-state index in [4.69, 9.17) is 18.9 Å². The predicted octanol–water partition coefficient (Wildman–Crippen LogP) is 2.79. The summed E-state index contributed by atoms with van der Waals surface area (Å²) in [6.07, 6.45) is -0.707. The molecule has 0 heterocycles. The first-order valence-electron chi connectivity index (χ1n) is 9.27. The fourth-order valence-corrected chi connectivity index (χ4v) is 2.94. The Morgan fingerprint density at radius 1 is 1.00 bits per heavy atom. The first kappa shape index (κ1) is 22.5. The van der Waals surface area contributed by atoms with E-state index in [2.05, 4.69) is 0 Å². The van der Waals surface area contributed by atoms with Crippen LogP contribution in [-0.4, -0.2) is 63.4 Å². The molecule has 0 aliphatic carbocycles. The quantitative estimate of drug-likeness (QED) is 0.578. The van der Waals surface area contributed by atoms with Gasteiger partial charge in [-0.25, -0.2) is 0 Å². The van der Waals surface area contributed by atoms with E-state index in [-0.39, 0.29) is 12.4 Å². The van der Waals surface area contributed by atoms with E-state index >= 15 is 0 Å². The monoisotopic (exact) mass is 403 g/mol. The van der Waals surface area contributed by atoms with Crippen LogP contribution >= 0.6 is 0 Å². The van der Waals surface area contributed by atoms with Crippen LogP contribution in [0.15, 0.2) is 36.4 Å². The number of rotatable bonds is 11. The molecule has 7 heteroatoms. The molecule has 0 aliphatic rings. The van der Waals surface area contributed by atoms with Crippen LogP contribution in [0.1, 0.15) is 22.8 Å². The van der Waals surface area contributed by atoms with Crippen molar-refractivity contribution in [1.29, 1.82) is 0 Å². The molecule has 158 valence electrons. The molecule has 0 radical (unpaired) electrons. The van der Waals surface area contributed by atoms with E-state index in [1.807, 2.05) is 30.1 Å². The first-order chi connectivity index (χ1) is 13.9. The van der Waals surface area contributed by atoms with Crippen LogP contribution in [0, 0.1) is 0 Å². The zero-order valence-corrected chi connectivity index (χ0v) is 17.6. The van der Waals surface area contributed by atoms with Crippen molar-refractivity contribution in [1.82, 2.24) is 4.90 Å². The molecular formula is C22H29NO6. The number of carbonyl (C=O) groups is 1. The van der Waals surface area contributed by atoms with Crippen molar-refractivity contribution in [3.05, 3.63) is 47.5 Å². The number of likely N-dealkylation sites (N-methyl/N-ethyl adjacent to an activating group) is 1. The van der Waals surface area contributed by atoms with Gasteiger partial charge < -0.3 is 24.1 Å². The van der Waals surface area contributed by atoms with E-state index in [1.54, 1.807) is 32.4 Å². The number of hydrogen-bond donors (Lipinski definition) is 1. The molecule has 2 aromatic carbocycles. The van der Waals surface area contributed by atoms with Crippen molar-refractivity contribution < 1.29 is 28.8 Å². The number of ether oxygens (including phenoxy) is 4. The van der Waals surface area contributed by atoms with Crippen molar-refractivity contribution in [2.24, 2.45) is 0 Å². The molecule has 2 aromatic rings. The number of benzene rings is 2. The van der Waals surface area contributed by atoms with Gasteiger partial charge in [0.15, 0.2) is 17.3 Å². The van der Waals surface area contributed by atoms with Crippen molar-refractivity contribution >= 4 is 5.78 Å². The van der Waals surface area contributed by atoms with Crippen LogP contribution in [0.25, 0.3) is 0 Å². The highest BCUT2D eigenvalue weighted by Crippen LogP contribution is 2.28. The second kappa shape index (κ2) is 10.7. The molecule has 0 fully saturated rings.